The van der Waals surface area contributed by atoms with Crippen molar-refractivity contribution in [3.63, 3.8) is 0 Å². The number of methoxy groups -OCH3 is 1. The van der Waals surface area contributed by atoms with Gasteiger partial charge in [0.05, 0.1) is 17.3 Å². The molecule has 94 valence electrons. The minimum atomic E-state index is 0.151. The summed E-state index contributed by atoms with van der Waals surface area (Å²) in [6, 6.07) is 2.09. The largest absolute Gasteiger partial charge is 0.375 e. The summed E-state index contributed by atoms with van der Waals surface area (Å²) in [5.74, 6) is 0. The molecule has 3 rings (SSSR count). The maximum atomic E-state index is 5.52. The van der Waals surface area contributed by atoms with Crippen LogP contribution in [0.1, 0.15) is 35.0 Å². The molecule has 1 unspecified atom stereocenters. The highest BCUT2D eigenvalue weighted by atomic mass is 127. The van der Waals surface area contributed by atoms with Crippen LogP contribution in [-0.4, -0.2) is 17.1 Å². The lowest BCUT2D eigenvalue weighted by Gasteiger charge is -2.12. The third kappa shape index (κ3) is 1.73. The average molecular weight is 354 g/mol. The van der Waals surface area contributed by atoms with Crippen LogP contribution in [0.4, 0.5) is 0 Å². The number of pyridine rings is 2. The third-order valence-corrected chi connectivity index (χ3v) is 4.73. The van der Waals surface area contributed by atoms with Gasteiger partial charge in [0.1, 0.15) is 5.52 Å². The van der Waals surface area contributed by atoms with Gasteiger partial charge in [0.25, 0.3) is 0 Å². The van der Waals surface area contributed by atoms with Gasteiger partial charge < -0.3 is 4.74 Å². The van der Waals surface area contributed by atoms with E-state index in [1.54, 1.807) is 7.11 Å². The van der Waals surface area contributed by atoms with Crippen LogP contribution in [0.25, 0.3) is 11.0 Å². The molecular weight excluding hydrogens is 339 g/mol. The topological polar surface area (TPSA) is 35.0 Å². The van der Waals surface area contributed by atoms with Crippen LogP contribution in [0.2, 0.25) is 0 Å². The summed E-state index contributed by atoms with van der Waals surface area (Å²) in [6.07, 6.45) is 2.23. The summed E-state index contributed by atoms with van der Waals surface area (Å²) in [5.41, 5.74) is 6.76. The summed E-state index contributed by atoms with van der Waals surface area (Å²) in [7, 11) is 1.76. The Kier molecular flexibility index (Phi) is 3.02. The summed E-state index contributed by atoms with van der Waals surface area (Å²) in [5, 5.41) is 0. The molecule has 2 aromatic heterocycles. The molecule has 2 heterocycles. The molecule has 1 atom stereocenters. The highest BCUT2D eigenvalue weighted by molar-refractivity contribution is 14.1. The smallest absolute Gasteiger partial charge is 0.103 e. The molecule has 2 aromatic rings. The number of halogens is 1. The van der Waals surface area contributed by atoms with Crippen molar-refractivity contribution in [2.45, 2.75) is 32.8 Å². The van der Waals surface area contributed by atoms with Crippen LogP contribution in [0, 0.1) is 17.4 Å². The van der Waals surface area contributed by atoms with Crippen molar-refractivity contribution in [1.82, 2.24) is 9.97 Å². The van der Waals surface area contributed by atoms with Crippen LogP contribution in [0.3, 0.4) is 0 Å². The molecule has 0 aliphatic heterocycles. The molecule has 3 nitrogen and oxygen atoms in total. The number of hydrogen-bond acceptors (Lipinski definition) is 3. The molecule has 0 N–H and O–H groups in total. The molecule has 0 spiro atoms. The molecular formula is C14H15IN2O. The van der Waals surface area contributed by atoms with Gasteiger partial charge in [-0.1, -0.05) is 0 Å². The number of hydrogen-bond donors (Lipinski definition) is 0. The molecule has 18 heavy (non-hydrogen) atoms. The van der Waals surface area contributed by atoms with E-state index in [2.05, 4.69) is 40.6 Å². The van der Waals surface area contributed by atoms with Gasteiger partial charge in [-0.2, -0.15) is 0 Å². The number of aryl methyl sites for hydroxylation is 2. The molecule has 0 aromatic carbocycles. The summed E-state index contributed by atoms with van der Waals surface area (Å²) in [4.78, 5) is 9.47. The van der Waals surface area contributed by atoms with Crippen molar-refractivity contribution in [2.24, 2.45) is 0 Å². The zero-order valence-corrected chi connectivity index (χ0v) is 12.9. The Bertz CT molecular complexity index is 639. The summed E-state index contributed by atoms with van der Waals surface area (Å²) >= 11 is 2.41. The van der Waals surface area contributed by atoms with E-state index < -0.39 is 0 Å². The molecule has 0 amide bonds. The summed E-state index contributed by atoms with van der Waals surface area (Å²) < 4.78 is 6.77. The second-order valence-corrected chi connectivity index (χ2v) is 5.91. The van der Waals surface area contributed by atoms with Gasteiger partial charge in [-0.3, -0.25) is 4.98 Å². The first-order chi connectivity index (χ1) is 8.61. The highest BCUT2D eigenvalue weighted by Crippen LogP contribution is 2.37. The molecule has 0 fully saturated rings. The van der Waals surface area contributed by atoms with Crippen molar-refractivity contribution in [3.8, 4) is 0 Å². The first kappa shape index (κ1) is 12.3. The van der Waals surface area contributed by atoms with E-state index in [-0.39, 0.29) is 6.10 Å². The third-order valence-electron chi connectivity index (χ3n) is 3.57. The van der Waals surface area contributed by atoms with Crippen LogP contribution < -0.4 is 0 Å². The van der Waals surface area contributed by atoms with Crippen molar-refractivity contribution in [1.29, 1.82) is 0 Å². The lowest BCUT2D eigenvalue weighted by atomic mass is 10.1. The fourth-order valence-corrected chi connectivity index (χ4v) is 3.64. The van der Waals surface area contributed by atoms with Crippen LogP contribution in [-0.2, 0) is 11.2 Å². The van der Waals surface area contributed by atoms with E-state index in [1.807, 2.05) is 6.92 Å². The van der Waals surface area contributed by atoms with Gasteiger partial charge in [-0.05, 0) is 66.5 Å². The molecule has 1 aliphatic carbocycles. The molecule has 4 heteroatoms. The summed E-state index contributed by atoms with van der Waals surface area (Å²) in [6.45, 7) is 4.14. The standard InChI is InChI=1S/C14H15IN2O/c1-7-6-8(2)16-14-11(15)9-4-5-10(18-3)13(9)17-12(7)14/h6,10H,4-5H2,1-3H3. The highest BCUT2D eigenvalue weighted by Gasteiger charge is 2.27. The van der Waals surface area contributed by atoms with Gasteiger partial charge in [0.2, 0.25) is 0 Å². The molecule has 1 aliphatic rings. The minimum absolute atomic E-state index is 0.151. The Balaban J connectivity index is 2.36. The fourth-order valence-electron chi connectivity index (χ4n) is 2.71. The molecule has 0 radical (unpaired) electrons. The van der Waals surface area contributed by atoms with E-state index in [0.29, 0.717) is 0 Å². The van der Waals surface area contributed by atoms with Gasteiger partial charge in [0.15, 0.2) is 0 Å². The maximum Gasteiger partial charge on any atom is 0.103 e. The number of ether oxygens (including phenoxy) is 1. The predicted octanol–water partition coefficient (Wildman–Crippen LogP) is 3.48. The zero-order valence-electron chi connectivity index (χ0n) is 10.7. The molecule has 0 saturated carbocycles. The Morgan fingerprint density at radius 1 is 1.28 bits per heavy atom. The maximum absolute atomic E-state index is 5.52. The van der Waals surface area contributed by atoms with Crippen molar-refractivity contribution < 1.29 is 4.74 Å². The second-order valence-electron chi connectivity index (χ2n) is 4.83. The number of rotatable bonds is 1. The van der Waals surface area contributed by atoms with Gasteiger partial charge in [-0.15, -0.1) is 0 Å². The quantitative estimate of drug-likeness (QED) is 0.736. The molecule has 0 saturated heterocycles. The van der Waals surface area contributed by atoms with Crippen LogP contribution in [0.5, 0.6) is 0 Å². The van der Waals surface area contributed by atoms with Gasteiger partial charge in [-0.25, -0.2) is 4.98 Å². The van der Waals surface area contributed by atoms with E-state index in [1.165, 1.54) is 14.7 Å². The van der Waals surface area contributed by atoms with Crippen molar-refractivity contribution in [2.75, 3.05) is 7.11 Å². The fraction of sp³-hybridized carbons (Fsp3) is 0.429. The van der Waals surface area contributed by atoms with E-state index in [4.69, 9.17) is 9.72 Å². The first-order valence-electron chi connectivity index (χ1n) is 6.11. The Morgan fingerprint density at radius 3 is 2.78 bits per heavy atom. The first-order valence-corrected chi connectivity index (χ1v) is 7.18. The predicted molar refractivity (Wildman–Crippen MR) is 79.8 cm³/mol. The monoisotopic (exact) mass is 354 g/mol. The Morgan fingerprint density at radius 2 is 2.06 bits per heavy atom. The Hall–Kier alpha value is -0.750. The van der Waals surface area contributed by atoms with E-state index in [0.717, 1.165) is 35.3 Å². The number of nitrogens with zero attached hydrogens (tertiary/aromatic N) is 2. The van der Waals surface area contributed by atoms with E-state index in [9.17, 15) is 0 Å². The normalized spacial score (nSPS) is 18.3. The SMILES string of the molecule is COC1CCc2c1nc1c(C)cc(C)nc1c2I. The van der Waals surface area contributed by atoms with Crippen LogP contribution >= 0.6 is 22.6 Å². The molecule has 0 bridgehead atoms. The van der Waals surface area contributed by atoms with Crippen LogP contribution in [0.15, 0.2) is 6.07 Å². The van der Waals surface area contributed by atoms with Crippen molar-refractivity contribution in [3.05, 3.63) is 32.2 Å². The average Bonchev–Trinajstić information content (AvgIpc) is 2.74. The second kappa shape index (κ2) is 4.42. The number of fused-ring (bicyclic) bond motifs is 2. The number of aromatic nitrogens is 2. The zero-order chi connectivity index (χ0) is 12.9. The lowest BCUT2D eigenvalue weighted by molar-refractivity contribution is 0.102. The van der Waals surface area contributed by atoms with E-state index >= 15 is 0 Å². The van der Waals surface area contributed by atoms with Gasteiger partial charge >= 0.3 is 0 Å². The van der Waals surface area contributed by atoms with Gasteiger partial charge in [0, 0.05) is 16.4 Å². The Labute approximate surface area is 120 Å². The minimum Gasteiger partial charge on any atom is -0.375 e. The van der Waals surface area contributed by atoms with Crippen molar-refractivity contribution >= 4 is 33.6 Å². The lowest BCUT2D eigenvalue weighted by Crippen LogP contribution is -2.03.